The number of imide groups is 1. The van der Waals surface area contributed by atoms with Gasteiger partial charge in [-0.2, -0.15) is 0 Å². The predicted octanol–water partition coefficient (Wildman–Crippen LogP) is 6.39. The van der Waals surface area contributed by atoms with E-state index in [-0.39, 0.29) is 35.3 Å². The number of nitrogens with one attached hydrogen (secondary N) is 3. The lowest BCUT2D eigenvalue weighted by Gasteiger charge is -2.29. The summed E-state index contributed by atoms with van der Waals surface area (Å²) < 4.78 is 25.5. The summed E-state index contributed by atoms with van der Waals surface area (Å²) in [5.74, 6) is 0.114. The molecule has 12 nitrogen and oxygen atoms in total. The summed E-state index contributed by atoms with van der Waals surface area (Å²) >= 11 is 7.64. The Morgan fingerprint density at radius 2 is 1.98 bits per heavy atom. The molecule has 0 spiro atoms. The minimum absolute atomic E-state index is 0.0252. The number of anilines is 3. The number of carbonyl (C=O) groups is 4. The Balaban J connectivity index is 0.953. The van der Waals surface area contributed by atoms with Crippen molar-refractivity contribution in [1.82, 2.24) is 20.2 Å². The molecular weight excluding hydrogens is 711 g/mol. The summed E-state index contributed by atoms with van der Waals surface area (Å²) in [6, 6.07) is 12.8. The van der Waals surface area contributed by atoms with E-state index in [0.717, 1.165) is 35.5 Å². The molecule has 0 bridgehead atoms. The van der Waals surface area contributed by atoms with E-state index in [1.165, 1.54) is 18.5 Å². The molecule has 3 N–H and O–H groups in total. The Labute approximate surface area is 308 Å². The van der Waals surface area contributed by atoms with Crippen LogP contribution in [0.5, 0.6) is 5.75 Å². The summed E-state index contributed by atoms with van der Waals surface area (Å²) in [6.45, 7) is 1.38. The molecule has 3 aliphatic rings. The molecule has 4 amide bonds. The summed E-state index contributed by atoms with van der Waals surface area (Å²) in [6.07, 6.45) is 5.17. The number of fused-ring (bicyclic) bond motifs is 2. The minimum atomic E-state index is -0.649. The van der Waals surface area contributed by atoms with Gasteiger partial charge in [0, 0.05) is 53.4 Å². The zero-order valence-electron chi connectivity index (χ0n) is 28.1. The molecule has 7 rings (SSSR count). The number of halogens is 2. The maximum absolute atomic E-state index is 13.8. The Morgan fingerprint density at radius 1 is 1.10 bits per heavy atom. The smallest absolute Gasteiger partial charge is 0.255 e. The Hall–Kier alpha value is -4.79. The molecule has 0 saturated carbocycles. The van der Waals surface area contributed by atoms with Crippen LogP contribution in [-0.4, -0.2) is 69.6 Å². The van der Waals surface area contributed by atoms with E-state index >= 15 is 0 Å². The van der Waals surface area contributed by atoms with E-state index < -0.39 is 17.8 Å². The van der Waals surface area contributed by atoms with E-state index in [1.807, 2.05) is 12.1 Å². The highest BCUT2D eigenvalue weighted by Gasteiger charge is 2.39. The van der Waals surface area contributed by atoms with Gasteiger partial charge in [0.2, 0.25) is 17.7 Å². The molecule has 15 heteroatoms. The number of unbranched alkanes of at least 4 members (excludes halogenated alkanes) is 2. The monoisotopic (exact) mass is 746 g/mol. The second-order valence-electron chi connectivity index (χ2n) is 12.8. The Morgan fingerprint density at radius 3 is 2.79 bits per heavy atom. The first-order valence-corrected chi connectivity index (χ1v) is 18.5. The van der Waals surface area contributed by atoms with Crippen LogP contribution in [0.1, 0.15) is 60.9 Å². The third-order valence-corrected chi connectivity index (χ3v) is 10.7. The number of nitrogens with zero attached hydrogens (tertiary/aromatic N) is 3. The second kappa shape index (κ2) is 15.8. The third kappa shape index (κ3) is 7.98. The van der Waals surface area contributed by atoms with Crippen LogP contribution in [0.15, 0.2) is 59.8 Å². The van der Waals surface area contributed by atoms with E-state index in [1.54, 1.807) is 40.9 Å². The van der Waals surface area contributed by atoms with Crippen molar-refractivity contribution in [2.45, 2.75) is 68.5 Å². The molecule has 1 unspecified atom stereocenters. The maximum Gasteiger partial charge on any atom is 0.255 e. The van der Waals surface area contributed by atoms with Gasteiger partial charge in [0.05, 0.1) is 29.4 Å². The topological polar surface area (TPSA) is 152 Å². The van der Waals surface area contributed by atoms with Gasteiger partial charge in [-0.05, 0) is 67.0 Å². The summed E-state index contributed by atoms with van der Waals surface area (Å²) in [5.41, 5.74) is 3.11. The lowest BCUT2D eigenvalue weighted by Crippen LogP contribution is -2.52. The first kappa shape index (κ1) is 35.6. The van der Waals surface area contributed by atoms with Gasteiger partial charge in [0.15, 0.2) is 0 Å². The number of aromatic nitrogens is 2. The zero-order chi connectivity index (χ0) is 36.2. The van der Waals surface area contributed by atoms with Gasteiger partial charge in [-0.3, -0.25) is 24.5 Å². The standard InChI is InChI=1S/C37H36ClFN6O6S/c38-26-15-21(8-9-27(26)39)42-35-24-16-29(31(17-28(24)40-20-41-35)51-22-12-13-50-19-22)43-33(46)7-2-1-3-14-52-32-6-4-5-23-25(32)18-45(37(23)49)30-10-11-34(47)44-36(30)48/h4-6,8-9,15-17,20,22,30H,1-3,7,10-14,18-19H2,(H,43,46)(H,40,41,42)(H,44,47,48)/t22-,30?/m0/s1. The lowest BCUT2D eigenvalue weighted by atomic mass is 10.0. The van der Waals surface area contributed by atoms with Gasteiger partial charge >= 0.3 is 0 Å². The third-order valence-electron chi connectivity index (χ3n) is 9.22. The first-order valence-electron chi connectivity index (χ1n) is 17.2. The minimum Gasteiger partial charge on any atom is -0.486 e. The van der Waals surface area contributed by atoms with Crippen LogP contribution in [0.25, 0.3) is 10.9 Å². The number of hydrogen-bond donors (Lipinski definition) is 3. The van der Waals surface area contributed by atoms with Gasteiger partial charge in [-0.1, -0.05) is 24.1 Å². The highest BCUT2D eigenvalue weighted by Crippen LogP contribution is 2.37. The van der Waals surface area contributed by atoms with E-state index in [0.29, 0.717) is 78.4 Å². The highest BCUT2D eigenvalue weighted by molar-refractivity contribution is 7.99. The van der Waals surface area contributed by atoms with Crippen molar-refractivity contribution in [1.29, 1.82) is 0 Å². The lowest BCUT2D eigenvalue weighted by molar-refractivity contribution is -0.137. The molecule has 2 fully saturated rings. The van der Waals surface area contributed by atoms with Crippen LogP contribution in [0, 0.1) is 5.82 Å². The molecule has 1 aromatic heterocycles. The Kier molecular flexibility index (Phi) is 10.8. The van der Waals surface area contributed by atoms with Gasteiger partial charge in [0.25, 0.3) is 5.91 Å². The largest absolute Gasteiger partial charge is 0.486 e. The predicted molar refractivity (Wildman–Crippen MR) is 194 cm³/mol. The number of benzene rings is 3. The van der Waals surface area contributed by atoms with Gasteiger partial charge in [-0.15, -0.1) is 11.8 Å². The molecule has 3 aromatic carbocycles. The fraction of sp³-hybridized carbons (Fsp3) is 0.351. The zero-order valence-corrected chi connectivity index (χ0v) is 29.7. The summed E-state index contributed by atoms with van der Waals surface area (Å²) in [7, 11) is 0. The summed E-state index contributed by atoms with van der Waals surface area (Å²) in [5, 5.41) is 9.13. The Bertz CT molecular complexity index is 2050. The van der Waals surface area contributed by atoms with Crippen LogP contribution in [-0.2, 0) is 25.7 Å². The van der Waals surface area contributed by atoms with Crippen LogP contribution >= 0.6 is 23.4 Å². The first-order chi connectivity index (χ1) is 25.2. The van der Waals surface area contributed by atoms with Gasteiger partial charge < -0.3 is 25.0 Å². The SMILES string of the molecule is O=C1CCC(N2Cc3c(SCCCCCC(=O)Nc4cc5c(Nc6ccc(F)c(Cl)c6)ncnc5cc4O[C@H]4CCOC4)cccc3C2=O)C(=O)N1. The molecule has 270 valence electrons. The number of thioether (sulfide) groups is 1. The van der Waals surface area contributed by atoms with E-state index in [4.69, 9.17) is 21.1 Å². The van der Waals surface area contributed by atoms with E-state index in [9.17, 15) is 23.6 Å². The average Bonchev–Trinajstić information content (AvgIpc) is 3.76. The fourth-order valence-corrected chi connectivity index (χ4v) is 7.80. The number of hydrogen-bond acceptors (Lipinski definition) is 10. The molecule has 0 radical (unpaired) electrons. The molecule has 2 saturated heterocycles. The maximum atomic E-state index is 13.8. The molecule has 4 aromatic rings. The molecule has 52 heavy (non-hydrogen) atoms. The van der Waals surface area contributed by atoms with Gasteiger partial charge in [0.1, 0.15) is 35.9 Å². The molecular formula is C37H36ClFN6O6S. The van der Waals surface area contributed by atoms with Crippen molar-refractivity contribution in [3.8, 4) is 5.75 Å². The highest BCUT2D eigenvalue weighted by atomic mass is 35.5. The number of amides is 4. The molecule has 3 aliphatic heterocycles. The van der Waals surface area contributed by atoms with Crippen molar-refractivity contribution < 1.29 is 33.0 Å². The number of rotatable bonds is 13. The molecule has 2 atom stereocenters. The van der Waals surface area contributed by atoms with Crippen molar-refractivity contribution in [3.05, 3.63) is 76.8 Å². The van der Waals surface area contributed by atoms with Gasteiger partial charge in [-0.25, -0.2) is 14.4 Å². The molecule has 4 heterocycles. The van der Waals surface area contributed by atoms with Crippen LogP contribution in [0.3, 0.4) is 0 Å². The molecule has 0 aliphatic carbocycles. The van der Waals surface area contributed by atoms with E-state index in [2.05, 4.69) is 25.9 Å². The van der Waals surface area contributed by atoms with Crippen molar-refractivity contribution in [2.75, 3.05) is 29.6 Å². The average molecular weight is 747 g/mol. The number of piperidine rings is 1. The van der Waals surface area contributed by atoms with Crippen molar-refractivity contribution in [3.63, 3.8) is 0 Å². The van der Waals surface area contributed by atoms with Crippen LogP contribution < -0.4 is 20.7 Å². The van der Waals surface area contributed by atoms with Crippen molar-refractivity contribution >= 4 is 75.1 Å². The number of ether oxygens (including phenoxy) is 2. The number of carbonyl (C=O) groups excluding carboxylic acids is 4. The van der Waals surface area contributed by atoms with Crippen LogP contribution in [0.4, 0.5) is 21.6 Å². The van der Waals surface area contributed by atoms with Crippen molar-refractivity contribution in [2.24, 2.45) is 0 Å². The normalized spacial score (nSPS) is 18.4. The van der Waals surface area contributed by atoms with Crippen LogP contribution in [0.2, 0.25) is 5.02 Å². The fourth-order valence-electron chi connectivity index (χ4n) is 6.53. The quantitative estimate of drug-likeness (QED) is 0.0798. The second-order valence-corrected chi connectivity index (χ2v) is 14.4. The summed E-state index contributed by atoms with van der Waals surface area (Å²) in [4.78, 5) is 61.8.